The first-order valence-corrected chi connectivity index (χ1v) is 5.65. The maximum Gasteiger partial charge on any atom is 0.407 e. The number of anilines is 1. The molecule has 7 nitrogen and oxygen atoms in total. The lowest BCUT2D eigenvalue weighted by Gasteiger charge is -2.34. The summed E-state index contributed by atoms with van der Waals surface area (Å²) in [6, 6.07) is 2.00. The molecule has 1 saturated heterocycles. The van der Waals surface area contributed by atoms with E-state index in [2.05, 4.69) is 9.97 Å². The van der Waals surface area contributed by atoms with E-state index in [0.29, 0.717) is 37.6 Å². The van der Waals surface area contributed by atoms with Crippen LogP contribution in [0.5, 0.6) is 0 Å². The second kappa shape index (κ2) is 5.06. The van der Waals surface area contributed by atoms with Crippen LogP contribution in [0, 0.1) is 11.3 Å². The Morgan fingerprint density at radius 3 is 2.67 bits per heavy atom. The third-order valence-electron chi connectivity index (χ3n) is 2.71. The number of halogens is 1. The highest BCUT2D eigenvalue weighted by Crippen LogP contribution is 2.19. The third kappa shape index (κ3) is 2.43. The van der Waals surface area contributed by atoms with Crippen molar-refractivity contribution in [3.63, 3.8) is 0 Å². The van der Waals surface area contributed by atoms with Gasteiger partial charge in [0.1, 0.15) is 11.6 Å². The third-order valence-corrected chi connectivity index (χ3v) is 2.89. The molecule has 1 fully saturated rings. The zero-order valence-electron chi connectivity index (χ0n) is 9.38. The molecule has 0 aromatic carbocycles. The molecule has 0 saturated carbocycles. The number of amides is 1. The predicted octanol–water partition coefficient (Wildman–Crippen LogP) is 0.802. The van der Waals surface area contributed by atoms with Crippen LogP contribution in [0.25, 0.3) is 0 Å². The molecule has 0 aliphatic carbocycles. The maximum absolute atomic E-state index is 10.8. The summed E-state index contributed by atoms with van der Waals surface area (Å²) < 4.78 is 0. The summed E-state index contributed by atoms with van der Waals surface area (Å²) >= 11 is 5.71. The fourth-order valence-electron chi connectivity index (χ4n) is 1.78. The predicted molar refractivity (Wildman–Crippen MR) is 63.6 cm³/mol. The molecule has 0 atom stereocenters. The molecule has 1 N–H and O–H groups in total. The molecule has 0 unspecified atom stereocenters. The van der Waals surface area contributed by atoms with Crippen LogP contribution < -0.4 is 4.90 Å². The lowest BCUT2D eigenvalue weighted by atomic mass is 10.2. The molecule has 1 aromatic heterocycles. The molecular formula is C10H10ClN5O2. The highest BCUT2D eigenvalue weighted by atomic mass is 35.5. The van der Waals surface area contributed by atoms with Gasteiger partial charge in [0.2, 0.25) is 5.28 Å². The standard InChI is InChI=1S/C10H10ClN5O2/c11-9-13-6-7(5-12)8(14-9)15-1-3-16(4-2-15)10(17)18/h6H,1-4H2,(H,17,18). The van der Waals surface area contributed by atoms with Crippen LogP contribution in [-0.2, 0) is 0 Å². The van der Waals surface area contributed by atoms with E-state index in [4.69, 9.17) is 22.0 Å². The molecule has 2 heterocycles. The molecule has 94 valence electrons. The maximum atomic E-state index is 10.8. The van der Waals surface area contributed by atoms with E-state index in [9.17, 15) is 4.79 Å². The van der Waals surface area contributed by atoms with E-state index in [-0.39, 0.29) is 5.28 Å². The van der Waals surface area contributed by atoms with Crippen LogP contribution in [0.1, 0.15) is 5.56 Å². The second-order valence-corrected chi connectivity index (χ2v) is 4.08. The minimum absolute atomic E-state index is 0.0738. The first-order valence-electron chi connectivity index (χ1n) is 5.27. The van der Waals surface area contributed by atoms with Gasteiger partial charge >= 0.3 is 6.09 Å². The highest BCUT2D eigenvalue weighted by Gasteiger charge is 2.23. The van der Waals surface area contributed by atoms with Crippen molar-refractivity contribution in [3.05, 3.63) is 17.0 Å². The first-order chi connectivity index (χ1) is 8.61. The van der Waals surface area contributed by atoms with Gasteiger partial charge in [0, 0.05) is 26.2 Å². The normalized spacial score (nSPS) is 15.3. The lowest BCUT2D eigenvalue weighted by Crippen LogP contribution is -2.48. The van der Waals surface area contributed by atoms with Gasteiger partial charge in [-0.25, -0.2) is 9.78 Å². The summed E-state index contributed by atoms with van der Waals surface area (Å²) in [5, 5.41) is 17.9. The Hall–Kier alpha value is -2.07. The molecule has 0 bridgehead atoms. The average Bonchev–Trinajstić information content (AvgIpc) is 2.39. The summed E-state index contributed by atoms with van der Waals surface area (Å²) in [6.07, 6.45) is 0.435. The van der Waals surface area contributed by atoms with Crippen LogP contribution >= 0.6 is 11.6 Å². The first kappa shape index (κ1) is 12.4. The Bertz CT molecular complexity index is 507. The van der Waals surface area contributed by atoms with E-state index in [1.165, 1.54) is 11.1 Å². The van der Waals surface area contributed by atoms with Gasteiger partial charge in [0.25, 0.3) is 0 Å². The zero-order valence-corrected chi connectivity index (χ0v) is 10.1. The second-order valence-electron chi connectivity index (χ2n) is 3.74. The molecular weight excluding hydrogens is 258 g/mol. The van der Waals surface area contributed by atoms with Crippen molar-refractivity contribution >= 4 is 23.5 Å². The average molecular weight is 268 g/mol. The van der Waals surface area contributed by atoms with Gasteiger partial charge in [-0.05, 0) is 11.6 Å². The van der Waals surface area contributed by atoms with Gasteiger partial charge in [-0.2, -0.15) is 10.2 Å². The van der Waals surface area contributed by atoms with Crippen LogP contribution in [0.3, 0.4) is 0 Å². The Kier molecular flexibility index (Phi) is 3.48. The molecule has 1 aromatic rings. The smallest absolute Gasteiger partial charge is 0.407 e. The van der Waals surface area contributed by atoms with Gasteiger partial charge in [-0.3, -0.25) is 0 Å². The van der Waals surface area contributed by atoms with Crippen LogP contribution in [0.4, 0.5) is 10.6 Å². The van der Waals surface area contributed by atoms with Crippen molar-refractivity contribution in [1.29, 1.82) is 5.26 Å². The Morgan fingerprint density at radius 2 is 2.11 bits per heavy atom. The zero-order chi connectivity index (χ0) is 13.1. The van der Waals surface area contributed by atoms with E-state index >= 15 is 0 Å². The number of carbonyl (C=O) groups is 1. The molecule has 1 aliphatic heterocycles. The fourth-order valence-corrected chi connectivity index (χ4v) is 1.91. The summed E-state index contributed by atoms with van der Waals surface area (Å²) in [5.74, 6) is 0.461. The molecule has 18 heavy (non-hydrogen) atoms. The highest BCUT2D eigenvalue weighted by molar-refractivity contribution is 6.28. The number of nitriles is 1. The summed E-state index contributed by atoms with van der Waals surface area (Å²) in [7, 11) is 0. The summed E-state index contributed by atoms with van der Waals surface area (Å²) in [4.78, 5) is 21.7. The van der Waals surface area contributed by atoms with E-state index in [1.54, 1.807) is 0 Å². The Labute approximate surface area is 108 Å². The Balaban J connectivity index is 2.17. The van der Waals surface area contributed by atoms with Gasteiger partial charge in [-0.1, -0.05) is 0 Å². The quantitative estimate of drug-likeness (QED) is 0.757. The van der Waals surface area contributed by atoms with Gasteiger partial charge in [-0.15, -0.1) is 0 Å². The fraction of sp³-hybridized carbons (Fsp3) is 0.400. The number of rotatable bonds is 1. The van der Waals surface area contributed by atoms with Gasteiger partial charge in [0.15, 0.2) is 5.82 Å². The topological polar surface area (TPSA) is 93.4 Å². The van der Waals surface area contributed by atoms with Crippen LogP contribution in [0.2, 0.25) is 5.28 Å². The summed E-state index contributed by atoms with van der Waals surface area (Å²) in [5.41, 5.74) is 0.336. The van der Waals surface area contributed by atoms with Crippen molar-refractivity contribution in [2.45, 2.75) is 0 Å². The van der Waals surface area contributed by atoms with E-state index in [0.717, 1.165) is 0 Å². The molecule has 1 amide bonds. The van der Waals surface area contributed by atoms with Crippen molar-refractivity contribution < 1.29 is 9.90 Å². The number of nitrogens with zero attached hydrogens (tertiary/aromatic N) is 5. The molecule has 8 heteroatoms. The summed E-state index contributed by atoms with van der Waals surface area (Å²) in [6.45, 7) is 1.71. The number of carboxylic acid groups (broad SMARTS) is 1. The van der Waals surface area contributed by atoms with Crippen molar-refractivity contribution in [2.75, 3.05) is 31.1 Å². The molecule has 2 rings (SSSR count). The molecule has 0 radical (unpaired) electrons. The largest absolute Gasteiger partial charge is 0.465 e. The van der Waals surface area contributed by atoms with Gasteiger partial charge < -0.3 is 14.9 Å². The lowest BCUT2D eigenvalue weighted by molar-refractivity contribution is 0.142. The Morgan fingerprint density at radius 1 is 1.44 bits per heavy atom. The van der Waals surface area contributed by atoms with Crippen LogP contribution in [-0.4, -0.2) is 52.2 Å². The number of hydrogen-bond donors (Lipinski definition) is 1. The van der Waals surface area contributed by atoms with E-state index < -0.39 is 6.09 Å². The minimum Gasteiger partial charge on any atom is -0.465 e. The van der Waals surface area contributed by atoms with Crippen molar-refractivity contribution in [1.82, 2.24) is 14.9 Å². The van der Waals surface area contributed by atoms with Crippen molar-refractivity contribution in [3.8, 4) is 6.07 Å². The van der Waals surface area contributed by atoms with E-state index in [1.807, 2.05) is 11.0 Å². The van der Waals surface area contributed by atoms with Crippen LogP contribution in [0.15, 0.2) is 6.20 Å². The SMILES string of the molecule is N#Cc1cnc(Cl)nc1N1CCN(C(=O)O)CC1. The molecule has 1 aliphatic rings. The van der Waals surface area contributed by atoms with Crippen molar-refractivity contribution in [2.24, 2.45) is 0 Å². The minimum atomic E-state index is -0.934. The number of aromatic nitrogens is 2. The monoisotopic (exact) mass is 267 g/mol. The molecule has 0 spiro atoms. The van der Waals surface area contributed by atoms with Gasteiger partial charge in [0.05, 0.1) is 6.20 Å². The number of piperazine rings is 1. The number of hydrogen-bond acceptors (Lipinski definition) is 5.